The van der Waals surface area contributed by atoms with Gasteiger partial charge in [-0.1, -0.05) is 49.1 Å². The maximum absolute atomic E-state index is 5.66. The zero-order valence-corrected chi connectivity index (χ0v) is 11.4. The maximum atomic E-state index is 5.66. The Morgan fingerprint density at radius 1 is 1.50 bits per heavy atom. The van der Waals surface area contributed by atoms with E-state index in [2.05, 4.69) is 50.0 Å². The Morgan fingerprint density at radius 3 is 2.89 bits per heavy atom. The predicted molar refractivity (Wildman–Crippen MR) is 81.3 cm³/mol. The van der Waals surface area contributed by atoms with E-state index in [4.69, 9.17) is 5.73 Å². The number of hydrogen-bond acceptors (Lipinski definition) is 1. The molecular weight excluding hydrogens is 218 g/mol. The molecule has 1 aliphatic rings. The number of allylic oxidation sites excluding steroid dienone is 9. The normalized spacial score (nSPS) is 17.9. The Hall–Kier alpha value is -1.34. The quantitative estimate of drug-likeness (QED) is 0.663. The molecule has 1 rings (SSSR count). The Kier molecular flexibility index (Phi) is 7.12. The van der Waals surface area contributed by atoms with Crippen molar-refractivity contribution in [2.45, 2.75) is 32.6 Å². The van der Waals surface area contributed by atoms with Gasteiger partial charge < -0.3 is 5.73 Å². The van der Waals surface area contributed by atoms with Crippen LogP contribution in [0.5, 0.6) is 0 Å². The van der Waals surface area contributed by atoms with Gasteiger partial charge in [-0.25, -0.2) is 0 Å². The highest BCUT2D eigenvalue weighted by molar-refractivity contribution is 5.37. The fourth-order valence-corrected chi connectivity index (χ4v) is 2.36. The second kappa shape index (κ2) is 8.71. The fraction of sp³-hybridized carbons (Fsp3) is 0.412. The van der Waals surface area contributed by atoms with Gasteiger partial charge in [0.25, 0.3) is 0 Å². The van der Waals surface area contributed by atoms with Crippen molar-refractivity contribution in [3.05, 3.63) is 60.3 Å². The van der Waals surface area contributed by atoms with Gasteiger partial charge in [-0.2, -0.15) is 0 Å². The summed E-state index contributed by atoms with van der Waals surface area (Å²) in [5.74, 6) is 0.458. The molecule has 1 atom stereocenters. The molecule has 98 valence electrons. The van der Waals surface area contributed by atoms with Crippen LogP contribution in [0.4, 0.5) is 0 Å². The van der Waals surface area contributed by atoms with Crippen LogP contribution >= 0.6 is 0 Å². The molecule has 2 N–H and O–H groups in total. The van der Waals surface area contributed by atoms with Gasteiger partial charge in [0.2, 0.25) is 0 Å². The Balaban J connectivity index is 2.94. The fourth-order valence-electron chi connectivity index (χ4n) is 2.36. The Bertz CT molecular complexity index is 369. The van der Waals surface area contributed by atoms with Gasteiger partial charge in [0, 0.05) is 5.92 Å². The Morgan fingerprint density at radius 2 is 2.33 bits per heavy atom. The summed E-state index contributed by atoms with van der Waals surface area (Å²) < 4.78 is 0. The third-order valence-electron chi connectivity index (χ3n) is 3.19. The zero-order valence-electron chi connectivity index (χ0n) is 11.4. The second-order valence-corrected chi connectivity index (χ2v) is 4.57. The molecule has 0 aromatic rings. The summed E-state index contributed by atoms with van der Waals surface area (Å²) in [5, 5.41) is 0. The molecule has 1 nitrogen and oxygen atoms in total. The summed E-state index contributed by atoms with van der Waals surface area (Å²) in [6.45, 7) is 6.63. The lowest BCUT2D eigenvalue weighted by Gasteiger charge is -2.21. The second-order valence-electron chi connectivity index (χ2n) is 4.57. The van der Waals surface area contributed by atoms with E-state index in [1.165, 1.54) is 11.1 Å². The maximum Gasteiger partial charge on any atom is 0.00864 e. The average Bonchev–Trinajstić information content (AvgIpc) is 2.41. The molecule has 1 heteroatoms. The van der Waals surface area contributed by atoms with Gasteiger partial charge in [-0.05, 0) is 50.3 Å². The first kappa shape index (κ1) is 14.7. The first-order valence-electron chi connectivity index (χ1n) is 6.85. The lowest BCUT2D eigenvalue weighted by molar-refractivity contribution is 0.621. The summed E-state index contributed by atoms with van der Waals surface area (Å²) >= 11 is 0. The van der Waals surface area contributed by atoms with Gasteiger partial charge in [0.05, 0.1) is 0 Å². The van der Waals surface area contributed by atoms with E-state index < -0.39 is 0 Å². The highest BCUT2D eigenvalue weighted by atomic mass is 14.5. The van der Waals surface area contributed by atoms with E-state index in [0.29, 0.717) is 5.92 Å². The van der Waals surface area contributed by atoms with Crippen LogP contribution in [0.25, 0.3) is 0 Å². The van der Waals surface area contributed by atoms with E-state index in [1.54, 1.807) is 0 Å². The summed E-state index contributed by atoms with van der Waals surface area (Å²) in [7, 11) is 0. The van der Waals surface area contributed by atoms with Crippen molar-refractivity contribution in [3.8, 4) is 0 Å². The highest BCUT2D eigenvalue weighted by Crippen LogP contribution is 2.30. The van der Waals surface area contributed by atoms with Gasteiger partial charge in [-0.15, -0.1) is 0 Å². The first-order valence-corrected chi connectivity index (χ1v) is 6.85. The number of hydrogen-bond donors (Lipinski definition) is 1. The van der Waals surface area contributed by atoms with Gasteiger partial charge >= 0.3 is 0 Å². The zero-order chi connectivity index (χ0) is 13.2. The van der Waals surface area contributed by atoms with Gasteiger partial charge in [-0.3, -0.25) is 0 Å². The van der Waals surface area contributed by atoms with E-state index in [0.717, 1.165) is 32.2 Å². The molecule has 0 saturated heterocycles. The average molecular weight is 243 g/mol. The molecular formula is C17H25N. The molecule has 0 bridgehead atoms. The molecule has 0 amide bonds. The van der Waals surface area contributed by atoms with Crippen molar-refractivity contribution in [2.75, 3.05) is 6.54 Å². The lowest BCUT2D eigenvalue weighted by Crippen LogP contribution is -2.10. The molecule has 18 heavy (non-hydrogen) atoms. The van der Waals surface area contributed by atoms with Crippen molar-refractivity contribution in [1.29, 1.82) is 0 Å². The largest absolute Gasteiger partial charge is 0.330 e. The molecule has 0 aromatic heterocycles. The van der Waals surface area contributed by atoms with Gasteiger partial charge in [0.1, 0.15) is 0 Å². The van der Waals surface area contributed by atoms with Crippen LogP contribution in [0.3, 0.4) is 0 Å². The van der Waals surface area contributed by atoms with Crippen molar-refractivity contribution in [2.24, 2.45) is 11.7 Å². The minimum atomic E-state index is 0.458. The summed E-state index contributed by atoms with van der Waals surface area (Å²) in [6.07, 6.45) is 19.7. The van der Waals surface area contributed by atoms with Crippen LogP contribution in [-0.2, 0) is 0 Å². The SMILES string of the molecule is C=C/C=C(\C=C/C)C(CCCN)C1=CCCC=C1. The van der Waals surface area contributed by atoms with E-state index in [-0.39, 0.29) is 0 Å². The molecule has 1 unspecified atom stereocenters. The third-order valence-corrected chi connectivity index (χ3v) is 3.19. The van der Waals surface area contributed by atoms with Gasteiger partial charge in [0.15, 0.2) is 0 Å². The first-order chi connectivity index (χ1) is 8.83. The Labute approximate surface area is 111 Å². The minimum Gasteiger partial charge on any atom is -0.330 e. The molecule has 0 radical (unpaired) electrons. The van der Waals surface area contributed by atoms with E-state index >= 15 is 0 Å². The molecule has 0 heterocycles. The van der Waals surface area contributed by atoms with Crippen LogP contribution in [0.1, 0.15) is 32.6 Å². The molecule has 0 saturated carbocycles. The van der Waals surface area contributed by atoms with Crippen LogP contribution in [0.15, 0.2) is 60.3 Å². The van der Waals surface area contributed by atoms with Crippen molar-refractivity contribution < 1.29 is 0 Å². The van der Waals surface area contributed by atoms with Crippen molar-refractivity contribution >= 4 is 0 Å². The smallest absolute Gasteiger partial charge is 0.00864 e. The van der Waals surface area contributed by atoms with Crippen LogP contribution in [-0.4, -0.2) is 6.54 Å². The van der Waals surface area contributed by atoms with Crippen LogP contribution in [0.2, 0.25) is 0 Å². The third kappa shape index (κ3) is 4.50. The summed E-state index contributed by atoms with van der Waals surface area (Å²) in [6, 6.07) is 0. The minimum absolute atomic E-state index is 0.458. The monoisotopic (exact) mass is 243 g/mol. The summed E-state index contributed by atoms with van der Waals surface area (Å²) in [5.41, 5.74) is 8.42. The van der Waals surface area contributed by atoms with E-state index in [9.17, 15) is 0 Å². The molecule has 0 aliphatic heterocycles. The van der Waals surface area contributed by atoms with Crippen LogP contribution in [0, 0.1) is 5.92 Å². The summed E-state index contributed by atoms with van der Waals surface area (Å²) in [4.78, 5) is 0. The molecule has 0 fully saturated rings. The van der Waals surface area contributed by atoms with Crippen molar-refractivity contribution in [1.82, 2.24) is 0 Å². The highest BCUT2D eigenvalue weighted by Gasteiger charge is 2.15. The molecule has 0 spiro atoms. The van der Waals surface area contributed by atoms with E-state index in [1.807, 2.05) is 6.08 Å². The number of rotatable bonds is 7. The molecule has 0 aromatic carbocycles. The van der Waals surface area contributed by atoms with Crippen molar-refractivity contribution in [3.63, 3.8) is 0 Å². The number of nitrogens with two attached hydrogens (primary N) is 1. The topological polar surface area (TPSA) is 26.0 Å². The standard InChI is InChI=1S/C17H25N/c1-3-9-15(10-4-2)17(13-8-14-18)16-11-6-5-7-12-16/h3-4,6,9-12,17H,1,5,7-8,13-14,18H2,2H3/b10-4-,15-9+. The molecule has 1 aliphatic carbocycles. The lowest BCUT2D eigenvalue weighted by atomic mass is 9.84. The van der Waals surface area contributed by atoms with Crippen LogP contribution < -0.4 is 5.73 Å². The predicted octanol–water partition coefficient (Wildman–Crippen LogP) is 4.31.